The molecule has 4 rings (SSSR count). The fraction of sp³-hybridized carbons (Fsp3) is 0.824. The second-order valence-corrected chi connectivity index (χ2v) is 7.62. The molecule has 3 aliphatic rings. The van der Waals surface area contributed by atoms with Gasteiger partial charge in [0, 0.05) is 25.3 Å². The first-order chi connectivity index (χ1) is 11.9. The van der Waals surface area contributed by atoms with E-state index in [1.807, 2.05) is 6.07 Å². The molecule has 1 N–H and O–H groups in total. The summed E-state index contributed by atoms with van der Waals surface area (Å²) in [7, 11) is 0. The van der Waals surface area contributed by atoms with Gasteiger partial charge in [-0.2, -0.15) is 18.3 Å². The molecule has 4 heterocycles. The lowest BCUT2D eigenvalue weighted by Crippen LogP contribution is -2.38. The highest BCUT2D eigenvalue weighted by atomic mass is 19.4. The Morgan fingerprint density at radius 2 is 2.20 bits per heavy atom. The summed E-state index contributed by atoms with van der Waals surface area (Å²) in [5.41, 5.74) is 0.766. The summed E-state index contributed by atoms with van der Waals surface area (Å²) in [5, 5.41) is 7.56. The summed E-state index contributed by atoms with van der Waals surface area (Å²) in [6, 6.07) is 0.192. The first-order valence-corrected chi connectivity index (χ1v) is 9.16. The van der Waals surface area contributed by atoms with Gasteiger partial charge in [-0.25, -0.2) is 4.68 Å². The van der Waals surface area contributed by atoms with Gasteiger partial charge in [0.25, 0.3) is 0 Å². The Morgan fingerprint density at radius 1 is 1.36 bits per heavy atom. The minimum absolute atomic E-state index is 0.0193. The Hall–Kier alpha value is -1.28. The highest BCUT2D eigenvalue weighted by Crippen LogP contribution is 2.41. The van der Waals surface area contributed by atoms with Gasteiger partial charge in [-0.3, -0.25) is 4.90 Å². The number of rotatable bonds is 3. The number of nitrogens with one attached hydrogen (secondary N) is 1. The van der Waals surface area contributed by atoms with Crippen LogP contribution in [0, 0.1) is 5.92 Å². The zero-order valence-corrected chi connectivity index (χ0v) is 14.4. The first kappa shape index (κ1) is 17.1. The molecule has 0 aromatic carbocycles. The molecule has 0 spiro atoms. The smallest absolute Gasteiger partial charge is 0.381 e. The topological polar surface area (TPSA) is 42.3 Å². The summed E-state index contributed by atoms with van der Waals surface area (Å²) >= 11 is 0. The zero-order chi connectivity index (χ0) is 17.6. The van der Waals surface area contributed by atoms with E-state index in [1.54, 1.807) is 6.92 Å². The third kappa shape index (κ3) is 3.38. The van der Waals surface area contributed by atoms with Crippen molar-refractivity contribution in [1.29, 1.82) is 0 Å². The Kier molecular flexibility index (Phi) is 4.43. The minimum Gasteiger partial charge on any atom is -0.381 e. The highest BCUT2D eigenvalue weighted by molar-refractivity contribution is 5.41. The van der Waals surface area contributed by atoms with E-state index in [0.717, 1.165) is 55.9 Å². The summed E-state index contributed by atoms with van der Waals surface area (Å²) in [6.45, 7) is 5.32. The lowest BCUT2D eigenvalue weighted by atomic mass is 10.1. The van der Waals surface area contributed by atoms with Gasteiger partial charge in [0.05, 0.1) is 18.3 Å². The monoisotopic (exact) mass is 358 g/mol. The number of hydrogen-bond acceptors (Lipinski definition) is 4. The average Bonchev–Trinajstić information content (AvgIpc) is 3.25. The van der Waals surface area contributed by atoms with Crippen LogP contribution in [0.4, 0.5) is 19.0 Å². The fourth-order valence-corrected chi connectivity index (χ4v) is 4.38. The Labute approximate surface area is 145 Å². The number of aromatic nitrogens is 2. The van der Waals surface area contributed by atoms with Crippen molar-refractivity contribution in [3.8, 4) is 0 Å². The molecule has 2 fully saturated rings. The van der Waals surface area contributed by atoms with Gasteiger partial charge < -0.3 is 10.1 Å². The second kappa shape index (κ2) is 6.46. The molecule has 0 unspecified atom stereocenters. The van der Waals surface area contributed by atoms with Crippen molar-refractivity contribution >= 4 is 5.82 Å². The molecule has 2 saturated heterocycles. The van der Waals surface area contributed by atoms with E-state index in [1.165, 1.54) is 0 Å². The Balaban J connectivity index is 1.56. The van der Waals surface area contributed by atoms with E-state index in [2.05, 4.69) is 15.3 Å². The molecule has 8 heteroatoms. The number of ether oxygens (including phenoxy) is 1. The number of halogens is 3. The third-order valence-electron chi connectivity index (χ3n) is 5.62. The van der Waals surface area contributed by atoms with Gasteiger partial charge in [-0.15, -0.1) is 0 Å². The van der Waals surface area contributed by atoms with Crippen LogP contribution in [0.5, 0.6) is 0 Å². The molecular weight excluding hydrogens is 333 g/mol. The molecule has 3 aliphatic heterocycles. The zero-order valence-electron chi connectivity index (χ0n) is 14.4. The maximum atomic E-state index is 13.4. The fourth-order valence-electron chi connectivity index (χ4n) is 4.38. The number of alkyl halides is 3. The molecule has 0 aliphatic carbocycles. The van der Waals surface area contributed by atoms with Crippen molar-refractivity contribution in [2.75, 3.05) is 31.6 Å². The molecule has 0 saturated carbocycles. The van der Waals surface area contributed by atoms with Crippen LogP contribution in [0.15, 0.2) is 6.07 Å². The number of likely N-dealkylation sites (tertiary alicyclic amines) is 1. The van der Waals surface area contributed by atoms with Gasteiger partial charge in [0.1, 0.15) is 5.82 Å². The number of fused-ring (bicyclic) bond motifs is 1. The van der Waals surface area contributed by atoms with Crippen LogP contribution in [0.2, 0.25) is 0 Å². The Bertz CT molecular complexity index is 612. The standard InChI is InChI=1S/C17H25F3N4O/c1-11-7-15(17(18,19)20)24-16(21-11)8-13(22-24)14-3-2-5-23(14)9-12-4-6-25-10-12/h8,11-12,14-15,21H,2-7,9-10H2,1H3/t11-,12-,14-,15-/m1/s1. The van der Waals surface area contributed by atoms with Crippen LogP contribution in [0.3, 0.4) is 0 Å². The van der Waals surface area contributed by atoms with Crippen molar-refractivity contribution in [3.63, 3.8) is 0 Å². The van der Waals surface area contributed by atoms with Crippen molar-refractivity contribution in [2.45, 2.75) is 56.9 Å². The van der Waals surface area contributed by atoms with Gasteiger partial charge in [0.15, 0.2) is 6.04 Å². The lowest BCUT2D eigenvalue weighted by Gasteiger charge is -2.31. The van der Waals surface area contributed by atoms with E-state index in [9.17, 15) is 13.2 Å². The molecule has 1 aromatic heterocycles. The molecular formula is C17H25F3N4O. The SMILES string of the molecule is C[C@@H]1C[C@H](C(F)(F)F)n2nc([C@H]3CCCN3C[C@H]3CCOC3)cc2N1. The quantitative estimate of drug-likeness (QED) is 0.900. The van der Waals surface area contributed by atoms with Gasteiger partial charge in [-0.1, -0.05) is 0 Å². The number of hydrogen-bond donors (Lipinski definition) is 1. The van der Waals surface area contributed by atoms with E-state index < -0.39 is 12.2 Å². The van der Waals surface area contributed by atoms with Gasteiger partial charge >= 0.3 is 6.18 Å². The first-order valence-electron chi connectivity index (χ1n) is 9.16. The van der Waals surface area contributed by atoms with E-state index in [-0.39, 0.29) is 18.5 Å². The summed E-state index contributed by atoms with van der Waals surface area (Å²) < 4.78 is 46.9. The van der Waals surface area contributed by atoms with Crippen LogP contribution in [-0.2, 0) is 4.74 Å². The second-order valence-electron chi connectivity index (χ2n) is 7.62. The van der Waals surface area contributed by atoms with Crippen LogP contribution in [-0.4, -0.2) is 53.2 Å². The van der Waals surface area contributed by atoms with Crippen molar-refractivity contribution < 1.29 is 17.9 Å². The molecule has 0 amide bonds. The Morgan fingerprint density at radius 3 is 2.92 bits per heavy atom. The number of anilines is 1. The van der Waals surface area contributed by atoms with Gasteiger partial charge in [-0.05, 0) is 45.1 Å². The molecule has 25 heavy (non-hydrogen) atoms. The predicted molar refractivity (Wildman–Crippen MR) is 87.5 cm³/mol. The van der Waals surface area contributed by atoms with E-state index in [0.29, 0.717) is 11.7 Å². The van der Waals surface area contributed by atoms with Crippen molar-refractivity contribution in [1.82, 2.24) is 14.7 Å². The van der Waals surface area contributed by atoms with E-state index >= 15 is 0 Å². The summed E-state index contributed by atoms with van der Waals surface area (Å²) in [5.74, 6) is 1.02. The third-order valence-corrected chi connectivity index (χ3v) is 5.62. The number of nitrogens with zero attached hydrogens (tertiary/aromatic N) is 3. The average molecular weight is 358 g/mol. The minimum atomic E-state index is -4.27. The molecule has 5 nitrogen and oxygen atoms in total. The molecule has 4 atom stereocenters. The summed E-state index contributed by atoms with van der Waals surface area (Å²) in [6.07, 6.45) is -1.17. The summed E-state index contributed by atoms with van der Waals surface area (Å²) in [4.78, 5) is 2.37. The normalized spacial score (nSPS) is 33.4. The van der Waals surface area contributed by atoms with E-state index in [4.69, 9.17) is 4.74 Å². The van der Waals surface area contributed by atoms with Crippen molar-refractivity contribution in [2.24, 2.45) is 5.92 Å². The molecule has 0 radical (unpaired) electrons. The predicted octanol–water partition coefficient (Wildman–Crippen LogP) is 3.36. The van der Waals surface area contributed by atoms with Crippen LogP contribution in [0.1, 0.15) is 50.4 Å². The van der Waals surface area contributed by atoms with Crippen molar-refractivity contribution in [3.05, 3.63) is 11.8 Å². The largest absolute Gasteiger partial charge is 0.410 e. The maximum absolute atomic E-state index is 13.4. The molecule has 1 aromatic rings. The maximum Gasteiger partial charge on any atom is 0.410 e. The van der Waals surface area contributed by atoms with Gasteiger partial charge in [0.2, 0.25) is 0 Å². The molecule has 140 valence electrons. The van der Waals surface area contributed by atoms with Crippen LogP contribution < -0.4 is 5.32 Å². The molecule has 0 bridgehead atoms. The van der Waals surface area contributed by atoms with Crippen LogP contribution in [0.25, 0.3) is 0 Å². The highest BCUT2D eigenvalue weighted by Gasteiger charge is 2.46. The lowest BCUT2D eigenvalue weighted by molar-refractivity contribution is -0.173. The van der Waals surface area contributed by atoms with Crippen LogP contribution >= 0.6 is 0 Å².